The van der Waals surface area contributed by atoms with Crippen molar-refractivity contribution in [3.05, 3.63) is 30.0 Å². The largest absolute Gasteiger partial charge is 0.573 e. The van der Waals surface area contributed by atoms with Gasteiger partial charge in [-0.3, -0.25) is 9.59 Å². The number of amides is 1. The van der Waals surface area contributed by atoms with E-state index in [1.165, 1.54) is 18.2 Å². The second-order valence-corrected chi connectivity index (χ2v) is 6.67. The number of ether oxygens (including phenoxy) is 1. The van der Waals surface area contributed by atoms with Crippen molar-refractivity contribution in [2.75, 3.05) is 13.1 Å². The molecule has 2 aromatic rings. The van der Waals surface area contributed by atoms with Gasteiger partial charge in [-0.1, -0.05) is 0 Å². The Bertz CT molecular complexity index is 847. The van der Waals surface area contributed by atoms with Crippen LogP contribution in [-0.2, 0) is 4.79 Å². The molecule has 1 atom stereocenters. The standard InChI is InChI=1S/C18H19F3N2O4/c19-18(20,21)27-13-5-4-12-8-15(22-14(12)9-13)17(26)23-7-1-2-11(10-23)3-6-16(24)25/h4-5,8-9,11,22H,1-3,6-7,10H2,(H,24,25). The number of carboxylic acid groups (broad SMARTS) is 1. The molecule has 1 unspecified atom stereocenters. The highest BCUT2D eigenvalue weighted by Crippen LogP contribution is 2.28. The van der Waals surface area contributed by atoms with E-state index in [0.29, 0.717) is 30.4 Å². The fraction of sp³-hybridized carbons (Fsp3) is 0.444. The van der Waals surface area contributed by atoms with Crippen LogP contribution in [0.4, 0.5) is 13.2 Å². The van der Waals surface area contributed by atoms with Crippen molar-refractivity contribution in [3.63, 3.8) is 0 Å². The number of halogens is 3. The maximum Gasteiger partial charge on any atom is 0.573 e. The number of aliphatic carboxylic acids is 1. The number of benzene rings is 1. The summed E-state index contributed by atoms with van der Waals surface area (Å²) in [5.41, 5.74) is 0.660. The third-order valence-corrected chi connectivity index (χ3v) is 4.63. The summed E-state index contributed by atoms with van der Waals surface area (Å²) in [5, 5.41) is 9.41. The molecule has 0 spiro atoms. The predicted molar refractivity (Wildman–Crippen MR) is 90.5 cm³/mol. The van der Waals surface area contributed by atoms with Crippen molar-refractivity contribution < 1.29 is 32.6 Å². The summed E-state index contributed by atoms with van der Waals surface area (Å²) in [4.78, 5) is 28.0. The van der Waals surface area contributed by atoms with Gasteiger partial charge in [-0.15, -0.1) is 13.2 Å². The maximum absolute atomic E-state index is 12.7. The molecule has 0 radical (unpaired) electrons. The van der Waals surface area contributed by atoms with E-state index >= 15 is 0 Å². The molecule has 0 saturated carbocycles. The first kappa shape index (κ1) is 19.1. The fourth-order valence-corrected chi connectivity index (χ4v) is 3.40. The van der Waals surface area contributed by atoms with Crippen LogP contribution in [0.1, 0.15) is 36.2 Å². The van der Waals surface area contributed by atoms with Gasteiger partial charge in [-0.05, 0) is 43.4 Å². The van der Waals surface area contributed by atoms with E-state index < -0.39 is 12.3 Å². The molecule has 1 amide bonds. The Balaban J connectivity index is 1.72. The second-order valence-electron chi connectivity index (χ2n) is 6.67. The van der Waals surface area contributed by atoms with E-state index in [2.05, 4.69) is 9.72 Å². The van der Waals surface area contributed by atoms with Gasteiger partial charge >= 0.3 is 12.3 Å². The van der Waals surface area contributed by atoms with Gasteiger partial charge < -0.3 is 19.7 Å². The molecule has 1 aliphatic rings. The minimum atomic E-state index is -4.78. The molecular weight excluding hydrogens is 365 g/mol. The molecule has 1 aliphatic heterocycles. The van der Waals surface area contributed by atoms with E-state index in [0.717, 1.165) is 12.8 Å². The number of aromatic nitrogens is 1. The molecule has 2 heterocycles. The van der Waals surface area contributed by atoms with E-state index in [9.17, 15) is 22.8 Å². The molecule has 0 aliphatic carbocycles. The highest BCUT2D eigenvalue weighted by Gasteiger charge is 2.31. The van der Waals surface area contributed by atoms with Crippen molar-refractivity contribution in [1.82, 2.24) is 9.88 Å². The molecular formula is C18H19F3N2O4. The number of nitrogens with zero attached hydrogens (tertiary/aromatic N) is 1. The van der Waals surface area contributed by atoms with Gasteiger partial charge in [0.25, 0.3) is 5.91 Å². The van der Waals surface area contributed by atoms with Gasteiger partial charge in [0, 0.05) is 36.5 Å². The van der Waals surface area contributed by atoms with Crippen LogP contribution < -0.4 is 4.74 Å². The first-order valence-electron chi connectivity index (χ1n) is 8.61. The molecule has 1 saturated heterocycles. The second kappa shape index (κ2) is 7.50. The van der Waals surface area contributed by atoms with E-state index in [1.54, 1.807) is 11.0 Å². The van der Waals surface area contributed by atoms with Crippen LogP contribution in [0.3, 0.4) is 0 Å². The zero-order valence-corrected chi connectivity index (χ0v) is 14.4. The summed E-state index contributed by atoms with van der Waals surface area (Å²) in [6.45, 7) is 1.05. The van der Waals surface area contributed by atoms with Crippen molar-refractivity contribution in [3.8, 4) is 5.75 Å². The Morgan fingerprint density at radius 1 is 1.30 bits per heavy atom. The summed E-state index contributed by atoms with van der Waals surface area (Å²) in [5.74, 6) is -1.33. The first-order valence-corrected chi connectivity index (χ1v) is 8.61. The van der Waals surface area contributed by atoms with Crippen molar-refractivity contribution in [2.45, 2.75) is 32.0 Å². The van der Waals surface area contributed by atoms with Crippen LogP contribution in [-0.4, -0.2) is 46.3 Å². The number of hydrogen-bond donors (Lipinski definition) is 2. The third-order valence-electron chi connectivity index (χ3n) is 4.63. The van der Waals surface area contributed by atoms with Crippen LogP contribution in [0.2, 0.25) is 0 Å². The topological polar surface area (TPSA) is 82.6 Å². The van der Waals surface area contributed by atoms with Crippen LogP contribution in [0.15, 0.2) is 24.3 Å². The summed E-state index contributed by atoms with van der Waals surface area (Å²) < 4.78 is 40.9. The van der Waals surface area contributed by atoms with Gasteiger partial charge in [0.05, 0.1) is 0 Å². The summed E-state index contributed by atoms with van der Waals surface area (Å²) >= 11 is 0. The van der Waals surface area contributed by atoms with Crippen molar-refractivity contribution in [2.24, 2.45) is 5.92 Å². The normalized spacial score (nSPS) is 17.9. The van der Waals surface area contributed by atoms with Gasteiger partial charge in [-0.25, -0.2) is 0 Å². The zero-order valence-electron chi connectivity index (χ0n) is 14.4. The van der Waals surface area contributed by atoms with Crippen LogP contribution in [0.5, 0.6) is 5.75 Å². The smallest absolute Gasteiger partial charge is 0.481 e. The Morgan fingerprint density at radius 3 is 2.78 bits per heavy atom. The lowest BCUT2D eigenvalue weighted by atomic mass is 9.93. The number of piperidine rings is 1. The number of hydrogen-bond acceptors (Lipinski definition) is 3. The third kappa shape index (κ3) is 4.93. The SMILES string of the molecule is O=C(O)CCC1CCCN(C(=O)c2cc3ccc(OC(F)(F)F)cc3[nH]2)C1. The minimum Gasteiger partial charge on any atom is -0.481 e. The van der Waals surface area contributed by atoms with Gasteiger partial charge in [0.2, 0.25) is 0 Å². The maximum atomic E-state index is 12.7. The number of carbonyl (C=O) groups excluding carboxylic acids is 1. The monoisotopic (exact) mass is 384 g/mol. The highest BCUT2D eigenvalue weighted by atomic mass is 19.4. The first-order chi connectivity index (χ1) is 12.7. The van der Waals surface area contributed by atoms with E-state index in [-0.39, 0.29) is 29.7 Å². The number of carboxylic acids is 1. The Hall–Kier alpha value is -2.71. The van der Waals surface area contributed by atoms with Crippen LogP contribution in [0, 0.1) is 5.92 Å². The Morgan fingerprint density at radius 2 is 2.07 bits per heavy atom. The van der Waals surface area contributed by atoms with E-state index in [4.69, 9.17) is 5.11 Å². The lowest BCUT2D eigenvalue weighted by Crippen LogP contribution is -2.40. The minimum absolute atomic E-state index is 0.0705. The number of carbonyl (C=O) groups is 2. The molecule has 3 rings (SSSR count). The molecule has 1 aromatic carbocycles. The average Bonchev–Trinajstić information content (AvgIpc) is 3.01. The average molecular weight is 384 g/mol. The number of rotatable bonds is 5. The molecule has 9 heteroatoms. The number of aromatic amines is 1. The number of H-pyrrole nitrogens is 1. The van der Waals surface area contributed by atoms with Crippen LogP contribution >= 0.6 is 0 Å². The lowest BCUT2D eigenvalue weighted by Gasteiger charge is -2.32. The molecule has 27 heavy (non-hydrogen) atoms. The summed E-state index contributed by atoms with van der Waals surface area (Å²) in [7, 11) is 0. The quantitative estimate of drug-likeness (QED) is 0.822. The highest BCUT2D eigenvalue weighted by molar-refractivity contribution is 5.98. The lowest BCUT2D eigenvalue weighted by molar-refractivity contribution is -0.274. The zero-order chi connectivity index (χ0) is 19.6. The number of fused-ring (bicyclic) bond motifs is 1. The molecule has 1 fully saturated rings. The fourth-order valence-electron chi connectivity index (χ4n) is 3.40. The van der Waals surface area contributed by atoms with Gasteiger partial charge in [0.15, 0.2) is 0 Å². The molecule has 6 nitrogen and oxygen atoms in total. The number of likely N-dealkylation sites (tertiary alicyclic amines) is 1. The summed E-state index contributed by atoms with van der Waals surface area (Å²) in [6.07, 6.45) is -2.52. The van der Waals surface area contributed by atoms with Gasteiger partial charge in [0.1, 0.15) is 11.4 Å². The van der Waals surface area contributed by atoms with Gasteiger partial charge in [-0.2, -0.15) is 0 Å². The summed E-state index contributed by atoms with van der Waals surface area (Å²) in [6, 6.07) is 5.44. The molecule has 0 bridgehead atoms. The van der Waals surface area contributed by atoms with E-state index in [1.807, 2.05) is 0 Å². The Kier molecular flexibility index (Phi) is 5.29. The number of alkyl halides is 3. The molecule has 146 valence electrons. The van der Waals surface area contributed by atoms with Crippen molar-refractivity contribution in [1.29, 1.82) is 0 Å². The van der Waals surface area contributed by atoms with Crippen molar-refractivity contribution >= 4 is 22.8 Å². The predicted octanol–water partition coefficient (Wildman–Crippen LogP) is 3.78. The molecule has 1 aromatic heterocycles. The molecule has 2 N–H and O–H groups in total. The van der Waals surface area contributed by atoms with Crippen LogP contribution in [0.25, 0.3) is 10.9 Å². The Labute approximate surface area is 152 Å². The number of nitrogens with one attached hydrogen (secondary N) is 1.